The molecule has 1 unspecified atom stereocenters. The zero-order valence-corrected chi connectivity index (χ0v) is 14.1. The van der Waals surface area contributed by atoms with E-state index in [1.165, 1.54) is 11.2 Å². The molecule has 3 heterocycles. The smallest absolute Gasteiger partial charge is 0.291 e. The molecule has 0 aliphatic carbocycles. The van der Waals surface area contributed by atoms with E-state index >= 15 is 0 Å². The second kappa shape index (κ2) is 6.70. The molecule has 0 saturated heterocycles. The fourth-order valence-corrected chi connectivity index (χ4v) is 3.28. The Bertz CT molecular complexity index is 885. The van der Waals surface area contributed by atoms with E-state index in [-0.39, 0.29) is 5.91 Å². The highest BCUT2D eigenvalue weighted by Crippen LogP contribution is 2.21. The van der Waals surface area contributed by atoms with Crippen molar-refractivity contribution < 1.29 is 18.8 Å². The summed E-state index contributed by atoms with van der Waals surface area (Å²) < 4.78 is 12.6. The number of nitrogens with zero attached hydrogens (tertiary/aromatic N) is 2. The number of imidazole rings is 1. The minimum atomic E-state index is -0.261. The van der Waals surface area contributed by atoms with Gasteiger partial charge in [-0.2, -0.15) is 0 Å². The first kappa shape index (κ1) is 15.9. The maximum atomic E-state index is 12.1. The van der Waals surface area contributed by atoms with Gasteiger partial charge in [0.2, 0.25) is 0 Å². The van der Waals surface area contributed by atoms with Crippen molar-refractivity contribution in [3.63, 3.8) is 0 Å². The molecule has 4 rings (SSSR count). The van der Waals surface area contributed by atoms with Crippen molar-refractivity contribution in [1.29, 1.82) is 0 Å². The Hall–Kier alpha value is -2.64. The highest BCUT2D eigenvalue weighted by atomic mass is 16.5. The van der Waals surface area contributed by atoms with Crippen molar-refractivity contribution in [3.05, 3.63) is 48.2 Å². The second-order valence-electron chi connectivity index (χ2n) is 6.23. The van der Waals surface area contributed by atoms with Crippen LogP contribution < -0.4 is 10.2 Å². The highest BCUT2D eigenvalue weighted by molar-refractivity contribution is 6.03. The van der Waals surface area contributed by atoms with Crippen molar-refractivity contribution in [2.75, 3.05) is 32.1 Å². The zero-order valence-electron chi connectivity index (χ0n) is 14.1. The van der Waals surface area contributed by atoms with Crippen LogP contribution in [0.3, 0.4) is 0 Å². The molecule has 0 bridgehead atoms. The minimum Gasteiger partial charge on any atom is -0.459 e. The number of aromatic nitrogens is 2. The molecule has 2 aromatic heterocycles. The first-order chi connectivity index (χ1) is 12.2. The molecule has 7 heteroatoms. The lowest BCUT2D eigenvalue weighted by atomic mass is 10.2. The van der Waals surface area contributed by atoms with Crippen LogP contribution in [0.25, 0.3) is 11.0 Å². The summed E-state index contributed by atoms with van der Waals surface area (Å²) in [5, 5.41) is 2.85. The van der Waals surface area contributed by atoms with Crippen LogP contribution in [0.4, 0.5) is 5.69 Å². The molecule has 0 saturated carbocycles. The number of fused-ring (bicyclic) bond motifs is 3. The van der Waals surface area contributed by atoms with Gasteiger partial charge in [0.15, 0.2) is 11.6 Å². The van der Waals surface area contributed by atoms with Gasteiger partial charge >= 0.3 is 0 Å². The van der Waals surface area contributed by atoms with Crippen LogP contribution in [0, 0.1) is 0 Å². The Morgan fingerprint density at radius 2 is 2.36 bits per heavy atom. The van der Waals surface area contributed by atoms with Crippen molar-refractivity contribution >= 4 is 22.6 Å². The Kier molecular flexibility index (Phi) is 4.25. The first-order valence-electron chi connectivity index (χ1n) is 8.41. The fourth-order valence-electron chi connectivity index (χ4n) is 3.28. The number of quaternary nitrogens is 1. The molecule has 25 heavy (non-hydrogen) atoms. The molecule has 130 valence electrons. The number of ether oxygens (including phenoxy) is 1. The van der Waals surface area contributed by atoms with E-state index in [0.29, 0.717) is 11.4 Å². The molecular formula is C18H21N4O3+. The van der Waals surface area contributed by atoms with Gasteiger partial charge in [0.05, 0.1) is 37.0 Å². The van der Waals surface area contributed by atoms with E-state index in [0.717, 1.165) is 49.6 Å². The number of hydrogen-bond donors (Lipinski definition) is 2. The van der Waals surface area contributed by atoms with Crippen LogP contribution in [-0.4, -0.2) is 42.3 Å². The molecule has 2 N–H and O–H groups in total. The molecule has 0 radical (unpaired) electrons. The third kappa shape index (κ3) is 3.16. The molecule has 1 aliphatic rings. The number of carbonyl (C=O) groups is 1. The van der Waals surface area contributed by atoms with Gasteiger partial charge in [-0.05, 0) is 30.3 Å². The quantitative estimate of drug-likeness (QED) is 0.724. The van der Waals surface area contributed by atoms with E-state index in [1.54, 1.807) is 19.2 Å². The Balaban J connectivity index is 1.55. The molecule has 1 aromatic carbocycles. The van der Waals surface area contributed by atoms with E-state index < -0.39 is 0 Å². The molecule has 1 atom stereocenters. The van der Waals surface area contributed by atoms with Crippen molar-refractivity contribution in [2.45, 2.75) is 13.1 Å². The van der Waals surface area contributed by atoms with Gasteiger partial charge in [-0.15, -0.1) is 0 Å². The highest BCUT2D eigenvalue weighted by Gasteiger charge is 2.22. The lowest BCUT2D eigenvalue weighted by Crippen LogP contribution is -3.12. The molecule has 7 nitrogen and oxygen atoms in total. The standard InChI is InChI=1S/C18H20N4O3/c1-24-10-8-21-6-7-22-15-5-4-13(11-14(15)20-17(22)12-21)19-18(23)16-3-2-9-25-16/h2-5,9,11H,6-8,10,12H2,1H3,(H,19,23)/p+1. The number of anilines is 1. The van der Waals surface area contributed by atoms with E-state index in [1.807, 2.05) is 18.2 Å². The summed E-state index contributed by atoms with van der Waals surface area (Å²) in [5.74, 6) is 1.12. The van der Waals surface area contributed by atoms with Crippen LogP contribution in [-0.2, 0) is 17.8 Å². The Labute approximate surface area is 145 Å². The number of rotatable bonds is 5. The van der Waals surface area contributed by atoms with Gasteiger partial charge in [0.1, 0.15) is 13.1 Å². The third-order valence-electron chi connectivity index (χ3n) is 4.59. The topological polar surface area (TPSA) is 73.7 Å². The molecule has 1 aliphatic heterocycles. The average Bonchev–Trinajstić information content (AvgIpc) is 3.26. The largest absolute Gasteiger partial charge is 0.459 e. The zero-order chi connectivity index (χ0) is 17.2. The Morgan fingerprint density at radius 3 is 3.16 bits per heavy atom. The molecule has 1 amide bonds. The van der Waals surface area contributed by atoms with Gasteiger partial charge in [-0.3, -0.25) is 4.79 Å². The van der Waals surface area contributed by atoms with Crippen LogP contribution in [0.5, 0.6) is 0 Å². The van der Waals surface area contributed by atoms with E-state index in [9.17, 15) is 4.79 Å². The maximum absolute atomic E-state index is 12.1. The molecule has 3 aromatic rings. The summed E-state index contributed by atoms with van der Waals surface area (Å²) in [5.41, 5.74) is 2.73. The van der Waals surface area contributed by atoms with Crippen molar-refractivity contribution in [3.8, 4) is 0 Å². The number of amides is 1. The van der Waals surface area contributed by atoms with Crippen molar-refractivity contribution in [1.82, 2.24) is 9.55 Å². The number of carbonyl (C=O) groups excluding carboxylic acids is 1. The van der Waals surface area contributed by atoms with Gasteiger partial charge in [-0.1, -0.05) is 0 Å². The lowest BCUT2D eigenvalue weighted by Gasteiger charge is -2.24. The van der Waals surface area contributed by atoms with E-state index in [4.69, 9.17) is 14.1 Å². The van der Waals surface area contributed by atoms with Crippen LogP contribution in [0.1, 0.15) is 16.4 Å². The number of methoxy groups -OCH3 is 1. The van der Waals surface area contributed by atoms with Crippen LogP contribution in [0.2, 0.25) is 0 Å². The maximum Gasteiger partial charge on any atom is 0.291 e. The predicted molar refractivity (Wildman–Crippen MR) is 92.7 cm³/mol. The van der Waals surface area contributed by atoms with Gasteiger partial charge in [0, 0.05) is 12.8 Å². The number of nitrogens with one attached hydrogen (secondary N) is 2. The SMILES string of the molecule is COCC[NH+]1CCn2c(nc3cc(NC(=O)c4ccco4)ccc32)C1. The summed E-state index contributed by atoms with van der Waals surface area (Å²) in [6.45, 7) is 4.66. The lowest BCUT2D eigenvalue weighted by molar-refractivity contribution is -0.918. The number of hydrogen-bond acceptors (Lipinski definition) is 4. The minimum absolute atomic E-state index is 0.261. The summed E-state index contributed by atoms with van der Waals surface area (Å²) in [6, 6.07) is 9.17. The second-order valence-corrected chi connectivity index (χ2v) is 6.23. The fraction of sp³-hybridized carbons (Fsp3) is 0.333. The van der Waals surface area contributed by atoms with Crippen LogP contribution >= 0.6 is 0 Å². The summed E-state index contributed by atoms with van der Waals surface area (Å²) in [4.78, 5) is 18.4. The molecular weight excluding hydrogens is 320 g/mol. The van der Waals surface area contributed by atoms with Crippen molar-refractivity contribution in [2.24, 2.45) is 0 Å². The summed E-state index contributed by atoms with van der Waals surface area (Å²) >= 11 is 0. The third-order valence-corrected chi connectivity index (χ3v) is 4.59. The predicted octanol–water partition coefficient (Wildman–Crippen LogP) is 0.927. The average molecular weight is 341 g/mol. The summed E-state index contributed by atoms with van der Waals surface area (Å²) in [7, 11) is 1.73. The normalized spacial score (nSPS) is 16.8. The van der Waals surface area contributed by atoms with Gasteiger partial charge in [0.25, 0.3) is 5.91 Å². The van der Waals surface area contributed by atoms with Crippen LogP contribution in [0.15, 0.2) is 41.0 Å². The van der Waals surface area contributed by atoms with Gasteiger partial charge < -0.3 is 23.9 Å². The summed E-state index contributed by atoms with van der Waals surface area (Å²) in [6.07, 6.45) is 1.49. The molecule has 0 spiro atoms. The first-order valence-corrected chi connectivity index (χ1v) is 8.41. The van der Waals surface area contributed by atoms with Gasteiger partial charge in [-0.25, -0.2) is 4.98 Å². The number of furan rings is 1. The Morgan fingerprint density at radius 1 is 1.44 bits per heavy atom. The van der Waals surface area contributed by atoms with E-state index in [2.05, 4.69) is 9.88 Å². The monoisotopic (exact) mass is 341 g/mol. The number of benzene rings is 1. The molecule has 0 fully saturated rings.